The summed E-state index contributed by atoms with van der Waals surface area (Å²) in [6, 6.07) is 0.176. The number of nitrogens with zero attached hydrogens (tertiary/aromatic N) is 3. The zero-order chi connectivity index (χ0) is 16.8. The SMILES string of the molecule is CCN(CCN)CCN(CCN)CCN(CCN)CC(C)N. The normalized spacial score (nSPS) is 13.5. The van der Waals surface area contributed by atoms with Crippen LogP contribution in [0, 0.1) is 0 Å². The molecule has 22 heavy (non-hydrogen) atoms. The molecule has 0 aromatic rings. The molecule has 0 saturated carbocycles. The lowest BCUT2D eigenvalue weighted by Gasteiger charge is -2.30. The van der Waals surface area contributed by atoms with Crippen molar-refractivity contribution in [1.29, 1.82) is 0 Å². The van der Waals surface area contributed by atoms with Gasteiger partial charge in [0.25, 0.3) is 0 Å². The molecule has 0 aromatic carbocycles. The Hall–Kier alpha value is -0.280. The minimum Gasteiger partial charge on any atom is -0.329 e. The Bertz CT molecular complexity index is 238. The van der Waals surface area contributed by atoms with Crippen molar-refractivity contribution in [2.45, 2.75) is 19.9 Å². The smallest absolute Gasteiger partial charge is 0.0139 e. The van der Waals surface area contributed by atoms with Crippen LogP contribution < -0.4 is 22.9 Å². The average molecular weight is 318 g/mol. The van der Waals surface area contributed by atoms with E-state index in [0.29, 0.717) is 19.6 Å². The summed E-state index contributed by atoms with van der Waals surface area (Å²) in [5.41, 5.74) is 23.0. The van der Waals surface area contributed by atoms with Gasteiger partial charge < -0.3 is 27.8 Å². The maximum Gasteiger partial charge on any atom is 0.0139 e. The molecule has 0 aliphatic carbocycles. The first-order valence-corrected chi connectivity index (χ1v) is 8.60. The Morgan fingerprint density at radius 3 is 1.55 bits per heavy atom. The molecule has 1 unspecified atom stereocenters. The molecule has 7 nitrogen and oxygen atoms in total. The van der Waals surface area contributed by atoms with E-state index in [0.717, 1.165) is 58.9 Å². The molecule has 0 bridgehead atoms. The monoisotopic (exact) mass is 317 g/mol. The summed E-state index contributed by atoms with van der Waals surface area (Å²) in [5.74, 6) is 0. The highest BCUT2D eigenvalue weighted by Crippen LogP contribution is 1.96. The van der Waals surface area contributed by atoms with Crippen LogP contribution in [0.3, 0.4) is 0 Å². The molecule has 0 heterocycles. The summed E-state index contributed by atoms with van der Waals surface area (Å²) < 4.78 is 0. The number of hydrogen-bond acceptors (Lipinski definition) is 7. The van der Waals surface area contributed by atoms with Crippen molar-refractivity contribution < 1.29 is 0 Å². The van der Waals surface area contributed by atoms with Gasteiger partial charge in [0.15, 0.2) is 0 Å². The Kier molecular flexibility index (Phi) is 14.1. The van der Waals surface area contributed by atoms with Gasteiger partial charge in [-0.2, -0.15) is 0 Å². The van der Waals surface area contributed by atoms with E-state index < -0.39 is 0 Å². The van der Waals surface area contributed by atoms with E-state index in [1.165, 1.54) is 0 Å². The molecule has 0 spiro atoms. The maximum atomic E-state index is 5.90. The van der Waals surface area contributed by atoms with Crippen molar-refractivity contribution in [3.05, 3.63) is 0 Å². The lowest BCUT2D eigenvalue weighted by Crippen LogP contribution is -2.45. The van der Waals surface area contributed by atoms with Gasteiger partial charge in [-0.25, -0.2) is 0 Å². The fraction of sp³-hybridized carbons (Fsp3) is 1.00. The van der Waals surface area contributed by atoms with Gasteiger partial charge in [0.2, 0.25) is 0 Å². The van der Waals surface area contributed by atoms with E-state index in [-0.39, 0.29) is 6.04 Å². The number of likely N-dealkylation sites (N-methyl/N-ethyl adjacent to an activating group) is 1. The van der Waals surface area contributed by atoms with E-state index in [4.69, 9.17) is 22.9 Å². The molecule has 0 aromatic heterocycles. The highest BCUT2D eigenvalue weighted by Gasteiger charge is 2.11. The van der Waals surface area contributed by atoms with Gasteiger partial charge >= 0.3 is 0 Å². The molecule has 0 saturated heterocycles. The van der Waals surface area contributed by atoms with Crippen LogP contribution in [0.5, 0.6) is 0 Å². The number of nitrogens with two attached hydrogens (primary N) is 4. The van der Waals surface area contributed by atoms with Gasteiger partial charge in [0, 0.05) is 78.0 Å². The molecule has 1 atom stereocenters. The summed E-state index contributed by atoms with van der Waals surface area (Å²) in [4.78, 5) is 7.14. The Morgan fingerprint density at radius 2 is 1.09 bits per heavy atom. The third-order valence-electron chi connectivity index (χ3n) is 3.79. The largest absolute Gasteiger partial charge is 0.329 e. The lowest BCUT2D eigenvalue weighted by molar-refractivity contribution is 0.180. The number of hydrogen-bond donors (Lipinski definition) is 4. The molecule has 0 rings (SSSR count). The molecular formula is C15H39N7. The highest BCUT2D eigenvalue weighted by molar-refractivity contribution is 4.69. The molecule has 7 heteroatoms. The summed E-state index contributed by atoms with van der Waals surface area (Å²) >= 11 is 0. The predicted molar refractivity (Wildman–Crippen MR) is 95.8 cm³/mol. The first-order chi connectivity index (χ1) is 10.6. The van der Waals surface area contributed by atoms with Crippen LogP contribution >= 0.6 is 0 Å². The predicted octanol–water partition coefficient (Wildman–Crippen LogP) is -1.86. The van der Waals surface area contributed by atoms with Crippen LogP contribution in [-0.2, 0) is 0 Å². The van der Waals surface area contributed by atoms with E-state index in [1.807, 2.05) is 6.92 Å². The van der Waals surface area contributed by atoms with Gasteiger partial charge in [-0.15, -0.1) is 0 Å². The molecule has 8 N–H and O–H groups in total. The van der Waals surface area contributed by atoms with Crippen molar-refractivity contribution in [3.63, 3.8) is 0 Å². The van der Waals surface area contributed by atoms with Crippen LogP contribution in [0.4, 0.5) is 0 Å². The van der Waals surface area contributed by atoms with Crippen LogP contribution in [0.2, 0.25) is 0 Å². The molecule has 0 radical (unpaired) electrons. The first-order valence-electron chi connectivity index (χ1n) is 8.60. The summed E-state index contributed by atoms with van der Waals surface area (Å²) in [7, 11) is 0. The third-order valence-corrected chi connectivity index (χ3v) is 3.79. The van der Waals surface area contributed by atoms with E-state index in [1.54, 1.807) is 0 Å². The Morgan fingerprint density at radius 1 is 0.682 bits per heavy atom. The molecule has 0 aliphatic heterocycles. The van der Waals surface area contributed by atoms with Crippen LogP contribution in [0.25, 0.3) is 0 Å². The molecule has 0 aliphatic rings. The molecule has 0 amide bonds. The highest BCUT2D eigenvalue weighted by atomic mass is 15.2. The van der Waals surface area contributed by atoms with Crippen molar-refractivity contribution in [1.82, 2.24) is 14.7 Å². The van der Waals surface area contributed by atoms with Gasteiger partial charge in [-0.3, -0.25) is 9.80 Å². The zero-order valence-corrected chi connectivity index (χ0v) is 14.7. The molecule has 134 valence electrons. The average Bonchev–Trinajstić information content (AvgIpc) is 2.48. The third kappa shape index (κ3) is 11.3. The molecule has 0 fully saturated rings. The Labute approximate surface area is 136 Å². The van der Waals surface area contributed by atoms with Crippen LogP contribution in [0.15, 0.2) is 0 Å². The first kappa shape index (κ1) is 21.7. The summed E-state index contributed by atoms with van der Waals surface area (Å²) in [5, 5.41) is 0. The van der Waals surface area contributed by atoms with E-state index >= 15 is 0 Å². The minimum atomic E-state index is 0.176. The standard InChI is InChI=1S/C15H39N7/c1-3-20(7-4-16)10-11-21(8-5-17)12-13-22(9-6-18)14-15(2)19/h15H,3-14,16-19H2,1-2H3. The van der Waals surface area contributed by atoms with Crippen molar-refractivity contribution in [2.24, 2.45) is 22.9 Å². The fourth-order valence-electron chi connectivity index (χ4n) is 2.58. The van der Waals surface area contributed by atoms with Crippen molar-refractivity contribution >= 4 is 0 Å². The topological polar surface area (TPSA) is 114 Å². The second-order valence-corrected chi connectivity index (χ2v) is 5.92. The van der Waals surface area contributed by atoms with Crippen molar-refractivity contribution in [2.75, 3.05) is 78.5 Å². The second-order valence-electron chi connectivity index (χ2n) is 5.92. The Balaban J connectivity index is 4.24. The zero-order valence-electron chi connectivity index (χ0n) is 14.7. The molecular weight excluding hydrogens is 278 g/mol. The van der Waals surface area contributed by atoms with Crippen molar-refractivity contribution in [3.8, 4) is 0 Å². The summed E-state index contributed by atoms with van der Waals surface area (Å²) in [6.45, 7) is 15.0. The minimum absolute atomic E-state index is 0.176. The second kappa shape index (κ2) is 14.3. The fourth-order valence-corrected chi connectivity index (χ4v) is 2.58. The summed E-state index contributed by atoms with van der Waals surface area (Å²) in [6.07, 6.45) is 0. The maximum absolute atomic E-state index is 5.90. The van der Waals surface area contributed by atoms with Gasteiger partial charge in [0.05, 0.1) is 0 Å². The van der Waals surface area contributed by atoms with E-state index in [9.17, 15) is 0 Å². The van der Waals surface area contributed by atoms with Gasteiger partial charge in [-0.05, 0) is 13.5 Å². The van der Waals surface area contributed by atoms with Crippen LogP contribution in [0.1, 0.15) is 13.8 Å². The quantitative estimate of drug-likeness (QED) is 0.280. The van der Waals surface area contributed by atoms with Gasteiger partial charge in [0.1, 0.15) is 0 Å². The van der Waals surface area contributed by atoms with Crippen LogP contribution in [-0.4, -0.2) is 99.3 Å². The lowest BCUT2D eigenvalue weighted by atomic mass is 10.3. The van der Waals surface area contributed by atoms with E-state index in [2.05, 4.69) is 21.6 Å². The number of rotatable bonds is 15. The van der Waals surface area contributed by atoms with Gasteiger partial charge in [-0.1, -0.05) is 6.92 Å².